The summed E-state index contributed by atoms with van der Waals surface area (Å²) in [5.74, 6) is 0.897. The second-order valence-electron chi connectivity index (χ2n) is 7.42. The summed E-state index contributed by atoms with van der Waals surface area (Å²) in [6, 6.07) is 7.60. The van der Waals surface area contributed by atoms with Crippen LogP contribution in [0, 0.1) is 0 Å². The number of guanidine groups is 1. The Morgan fingerprint density at radius 1 is 1.10 bits per heavy atom. The van der Waals surface area contributed by atoms with Crippen LogP contribution in [0.1, 0.15) is 29.8 Å². The average molecular weight is 403 g/mol. The molecule has 29 heavy (non-hydrogen) atoms. The highest BCUT2D eigenvalue weighted by Gasteiger charge is 2.20. The summed E-state index contributed by atoms with van der Waals surface area (Å²) >= 11 is 0. The van der Waals surface area contributed by atoms with Crippen LogP contribution in [0.4, 0.5) is 0 Å². The average Bonchev–Trinajstić information content (AvgIpc) is 2.71. The molecule has 0 aliphatic carbocycles. The summed E-state index contributed by atoms with van der Waals surface area (Å²) in [4.78, 5) is 34.7. The van der Waals surface area contributed by atoms with E-state index in [1.807, 2.05) is 55.1 Å². The minimum Gasteiger partial charge on any atom is -0.357 e. The van der Waals surface area contributed by atoms with E-state index in [-0.39, 0.29) is 11.8 Å². The molecule has 0 radical (unpaired) electrons. The molecule has 0 spiro atoms. The number of nitrogens with one attached hydrogen (secondary N) is 2. The fraction of sp³-hybridized carbons (Fsp3) is 0.571. The first-order valence-corrected chi connectivity index (χ1v) is 10.2. The van der Waals surface area contributed by atoms with Crippen LogP contribution in [-0.2, 0) is 11.3 Å². The van der Waals surface area contributed by atoms with Gasteiger partial charge in [0, 0.05) is 58.3 Å². The fourth-order valence-electron chi connectivity index (χ4n) is 3.13. The van der Waals surface area contributed by atoms with E-state index < -0.39 is 0 Å². The number of likely N-dealkylation sites (N-methyl/N-ethyl adjacent to an activating group) is 1. The highest BCUT2D eigenvalue weighted by atomic mass is 16.2. The molecule has 8 nitrogen and oxygen atoms in total. The van der Waals surface area contributed by atoms with Gasteiger partial charge in [-0.15, -0.1) is 0 Å². The standard InChI is InChI=1S/C21H34N6O2/c1-5-22-21(27-13-11-26(12-14-27)17(2)28)24-16-18-7-6-8-19(15-18)20(29)23-9-10-25(3)4/h6-8,15H,5,9-14,16H2,1-4H3,(H,22,24)(H,23,29). The maximum Gasteiger partial charge on any atom is 0.251 e. The predicted octanol–water partition coefficient (Wildman–Crippen LogP) is 0.608. The Hall–Kier alpha value is -2.61. The van der Waals surface area contributed by atoms with E-state index in [2.05, 4.69) is 15.5 Å². The lowest BCUT2D eigenvalue weighted by atomic mass is 10.1. The Morgan fingerprint density at radius 2 is 1.79 bits per heavy atom. The van der Waals surface area contributed by atoms with Crippen molar-refractivity contribution in [1.29, 1.82) is 0 Å². The third-order valence-electron chi connectivity index (χ3n) is 4.80. The first-order chi connectivity index (χ1) is 13.9. The zero-order valence-corrected chi connectivity index (χ0v) is 18.1. The van der Waals surface area contributed by atoms with Gasteiger partial charge in [0.2, 0.25) is 5.91 Å². The van der Waals surface area contributed by atoms with Crippen molar-refractivity contribution in [3.63, 3.8) is 0 Å². The second-order valence-corrected chi connectivity index (χ2v) is 7.42. The second kappa shape index (κ2) is 11.4. The molecule has 1 heterocycles. The molecule has 1 aromatic carbocycles. The number of rotatable bonds is 7. The zero-order chi connectivity index (χ0) is 21.2. The van der Waals surface area contributed by atoms with Gasteiger partial charge in [-0.25, -0.2) is 4.99 Å². The highest BCUT2D eigenvalue weighted by Crippen LogP contribution is 2.08. The molecule has 1 fully saturated rings. The van der Waals surface area contributed by atoms with Crippen molar-refractivity contribution >= 4 is 17.8 Å². The maximum atomic E-state index is 12.3. The third-order valence-corrected chi connectivity index (χ3v) is 4.80. The number of hydrogen-bond acceptors (Lipinski definition) is 4. The Labute approximate surface area is 173 Å². The summed E-state index contributed by atoms with van der Waals surface area (Å²) in [5.41, 5.74) is 1.64. The summed E-state index contributed by atoms with van der Waals surface area (Å²) in [7, 11) is 3.96. The Kier molecular flexibility index (Phi) is 8.92. The van der Waals surface area contributed by atoms with Gasteiger partial charge in [0.15, 0.2) is 5.96 Å². The van der Waals surface area contributed by atoms with Crippen LogP contribution in [0.5, 0.6) is 0 Å². The van der Waals surface area contributed by atoms with E-state index >= 15 is 0 Å². The maximum absolute atomic E-state index is 12.3. The molecule has 0 aromatic heterocycles. The van der Waals surface area contributed by atoms with Gasteiger partial charge in [-0.3, -0.25) is 9.59 Å². The van der Waals surface area contributed by atoms with E-state index in [0.29, 0.717) is 31.7 Å². The largest absolute Gasteiger partial charge is 0.357 e. The van der Waals surface area contributed by atoms with Crippen molar-refractivity contribution in [2.24, 2.45) is 4.99 Å². The molecule has 1 saturated heterocycles. The monoisotopic (exact) mass is 402 g/mol. The quantitative estimate of drug-likeness (QED) is 0.516. The molecule has 0 unspecified atom stereocenters. The summed E-state index contributed by atoms with van der Waals surface area (Å²) < 4.78 is 0. The van der Waals surface area contributed by atoms with Crippen molar-refractivity contribution in [1.82, 2.24) is 25.3 Å². The molecule has 1 aliphatic heterocycles. The molecule has 2 amide bonds. The van der Waals surface area contributed by atoms with Gasteiger partial charge in [-0.1, -0.05) is 12.1 Å². The minimum absolute atomic E-state index is 0.0649. The third kappa shape index (κ3) is 7.38. The molecule has 2 N–H and O–H groups in total. The van der Waals surface area contributed by atoms with E-state index in [1.165, 1.54) is 0 Å². The van der Waals surface area contributed by atoms with Gasteiger partial charge in [0.05, 0.1) is 6.54 Å². The summed E-state index contributed by atoms with van der Waals surface area (Å²) in [5, 5.41) is 6.27. The van der Waals surface area contributed by atoms with Crippen LogP contribution in [0.3, 0.4) is 0 Å². The molecule has 2 rings (SSSR count). The lowest BCUT2D eigenvalue weighted by Gasteiger charge is -2.36. The van der Waals surface area contributed by atoms with E-state index in [1.54, 1.807) is 6.92 Å². The van der Waals surface area contributed by atoms with E-state index in [9.17, 15) is 9.59 Å². The molecule has 160 valence electrons. The number of carbonyl (C=O) groups is 2. The fourth-order valence-corrected chi connectivity index (χ4v) is 3.13. The van der Waals surface area contributed by atoms with Crippen LogP contribution >= 0.6 is 0 Å². The molecular formula is C21H34N6O2. The highest BCUT2D eigenvalue weighted by molar-refractivity contribution is 5.94. The summed E-state index contributed by atoms with van der Waals surface area (Å²) in [6.45, 7) is 9.29. The molecule has 0 atom stereocenters. The van der Waals surface area contributed by atoms with Crippen LogP contribution in [0.25, 0.3) is 0 Å². The van der Waals surface area contributed by atoms with Gasteiger partial charge in [-0.2, -0.15) is 0 Å². The first-order valence-electron chi connectivity index (χ1n) is 10.2. The number of piperazine rings is 1. The molecular weight excluding hydrogens is 368 g/mol. The Bertz CT molecular complexity index is 711. The van der Waals surface area contributed by atoms with Crippen molar-refractivity contribution in [2.75, 3.05) is 59.9 Å². The van der Waals surface area contributed by atoms with Gasteiger partial charge in [0.1, 0.15) is 0 Å². The molecule has 0 bridgehead atoms. The molecule has 0 saturated carbocycles. The topological polar surface area (TPSA) is 80.3 Å². The van der Waals surface area contributed by atoms with Crippen LogP contribution < -0.4 is 10.6 Å². The predicted molar refractivity (Wildman–Crippen MR) is 116 cm³/mol. The van der Waals surface area contributed by atoms with Crippen LogP contribution in [0.2, 0.25) is 0 Å². The minimum atomic E-state index is -0.0649. The van der Waals surface area contributed by atoms with Gasteiger partial charge >= 0.3 is 0 Å². The van der Waals surface area contributed by atoms with Crippen molar-refractivity contribution in [3.05, 3.63) is 35.4 Å². The van der Waals surface area contributed by atoms with E-state index in [4.69, 9.17) is 4.99 Å². The number of nitrogens with zero attached hydrogens (tertiary/aromatic N) is 4. The number of carbonyl (C=O) groups excluding carboxylic acids is 2. The number of aliphatic imine (C=N–C) groups is 1. The number of amides is 2. The van der Waals surface area contributed by atoms with E-state index in [0.717, 1.165) is 37.7 Å². The van der Waals surface area contributed by atoms with Crippen molar-refractivity contribution in [3.8, 4) is 0 Å². The van der Waals surface area contributed by atoms with Crippen LogP contribution in [-0.4, -0.2) is 92.4 Å². The first kappa shape index (κ1) is 22.7. The van der Waals surface area contributed by atoms with Crippen molar-refractivity contribution in [2.45, 2.75) is 20.4 Å². The zero-order valence-electron chi connectivity index (χ0n) is 18.1. The Morgan fingerprint density at radius 3 is 2.41 bits per heavy atom. The smallest absolute Gasteiger partial charge is 0.251 e. The molecule has 8 heteroatoms. The normalized spacial score (nSPS) is 14.9. The lowest BCUT2D eigenvalue weighted by Crippen LogP contribution is -2.53. The number of hydrogen-bond donors (Lipinski definition) is 2. The SMILES string of the molecule is CCNC(=NCc1cccc(C(=O)NCCN(C)C)c1)N1CCN(C(C)=O)CC1. The summed E-state index contributed by atoms with van der Waals surface area (Å²) in [6.07, 6.45) is 0. The molecule has 1 aromatic rings. The van der Waals surface area contributed by atoms with Gasteiger partial charge in [0.25, 0.3) is 5.91 Å². The molecule has 1 aliphatic rings. The lowest BCUT2D eigenvalue weighted by molar-refractivity contribution is -0.130. The number of benzene rings is 1. The van der Waals surface area contributed by atoms with Crippen LogP contribution in [0.15, 0.2) is 29.3 Å². The Balaban J connectivity index is 1.98. The van der Waals surface area contributed by atoms with Gasteiger partial charge in [-0.05, 0) is 38.7 Å². The van der Waals surface area contributed by atoms with Gasteiger partial charge < -0.3 is 25.3 Å². The van der Waals surface area contributed by atoms with Crippen molar-refractivity contribution < 1.29 is 9.59 Å².